The molecule has 0 spiro atoms. The van der Waals surface area contributed by atoms with Crippen LogP contribution < -0.4 is 16.2 Å². The maximum Gasteiger partial charge on any atom is 0.292 e. The third-order valence-electron chi connectivity index (χ3n) is 6.88. The van der Waals surface area contributed by atoms with Gasteiger partial charge in [0.05, 0.1) is 12.1 Å². The summed E-state index contributed by atoms with van der Waals surface area (Å²) in [5.74, 6) is 1.75. The molecule has 170 valence electrons. The molecule has 33 heavy (non-hydrogen) atoms. The van der Waals surface area contributed by atoms with Crippen LogP contribution in [0.3, 0.4) is 0 Å². The predicted molar refractivity (Wildman–Crippen MR) is 126 cm³/mol. The molecular weight excluding hydrogens is 418 g/mol. The highest BCUT2D eigenvalue weighted by Gasteiger charge is 2.35. The van der Waals surface area contributed by atoms with Gasteiger partial charge >= 0.3 is 0 Å². The number of nitrogens with zero attached hydrogens (tertiary/aromatic N) is 3. The second kappa shape index (κ2) is 7.50. The maximum atomic E-state index is 12.0. The molecule has 1 saturated carbocycles. The number of carbonyl (C=O) groups excluding carboxylic acids is 1. The van der Waals surface area contributed by atoms with Gasteiger partial charge < -0.3 is 25.2 Å². The fraction of sp³-hybridized carbons (Fsp3) is 0.400. The van der Waals surface area contributed by atoms with Gasteiger partial charge in [-0.15, -0.1) is 0 Å². The van der Waals surface area contributed by atoms with Crippen molar-refractivity contribution in [2.24, 2.45) is 17.6 Å². The molecule has 4 N–H and O–H groups in total. The number of aryl methyl sites for hydroxylation is 2. The normalized spacial score (nSPS) is 16.6. The van der Waals surface area contributed by atoms with Crippen molar-refractivity contribution < 1.29 is 13.9 Å². The number of amides is 1. The molecule has 8 nitrogen and oxygen atoms in total. The molecule has 2 aliphatic rings. The van der Waals surface area contributed by atoms with Crippen LogP contribution in [0.1, 0.15) is 37.3 Å². The molecule has 1 atom stereocenters. The number of carbonyl (C=O) groups is 1. The zero-order valence-corrected chi connectivity index (χ0v) is 18.6. The molecule has 8 heteroatoms. The van der Waals surface area contributed by atoms with E-state index in [4.69, 9.17) is 25.6 Å². The first kappa shape index (κ1) is 20.1. The van der Waals surface area contributed by atoms with Crippen LogP contribution in [0.15, 0.2) is 28.7 Å². The van der Waals surface area contributed by atoms with Crippen LogP contribution in [-0.4, -0.2) is 27.0 Å². The summed E-state index contributed by atoms with van der Waals surface area (Å²) in [4.78, 5) is 21.4. The molecule has 0 unspecified atom stereocenters. The molecule has 0 bridgehead atoms. The second-order valence-electron chi connectivity index (χ2n) is 9.19. The average Bonchev–Trinajstić information content (AvgIpc) is 3.50. The van der Waals surface area contributed by atoms with E-state index < -0.39 is 0 Å². The summed E-state index contributed by atoms with van der Waals surface area (Å²) < 4.78 is 14.0. The minimum atomic E-state index is -0.220. The molecule has 1 aliphatic carbocycles. The third kappa shape index (κ3) is 3.41. The van der Waals surface area contributed by atoms with Gasteiger partial charge in [0.25, 0.3) is 6.01 Å². The molecule has 0 saturated heterocycles. The molecule has 1 amide bonds. The molecule has 1 aliphatic heterocycles. The van der Waals surface area contributed by atoms with Crippen LogP contribution >= 0.6 is 0 Å². The van der Waals surface area contributed by atoms with Crippen LogP contribution in [-0.2, 0) is 24.2 Å². The Labute approximate surface area is 190 Å². The summed E-state index contributed by atoms with van der Waals surface area (Å²) >= 11 is 0. The first-order valence-electron chi connectivity index (χ1n) is 11.7. The number of fused-ring (bicyclic) bond motifs is 1. The van der Waals surface area contributed by atoms with Gasteiger partial charge in [-0.3, -0.25) is 4.79 Å². The Bertz CT molecular complexity index is 1400. The van der Waals surface area contributed by atoms with Crippen molar-refractivity contribution in [2.75, 3.05) is 12.3 Å². The van der Waals surface area contributed by atoms with E-state index in [9.17, 15) is 4.79 Å². The highest BCUT2D eigenvalue weighted by atomic mass is 16.5. The van der Waals surface area contributed by atoms with E-state index in [1.54, 1.807) is 0 Å². The Morgan fingerprint density at radius 1 is 1.21 bits per heavy atom. The van der Waals surface area contributed by atoms with Crippen LogP contribution in [0.5, 0.6) is 5.75 Å². The number of aromatic nitrogens is 3. The number of ether oxygens (including phenoxy) is 1. The Morgan fingerprint density at radius 3 is 2.82 bits per heavy atom. The fourth-order valence-electron chi connectivity index (χ4n) is 5.12. The largest absolute Gasteiger partial charge is 0.491 e. The van der Waals surface area contributed by atoms with Crippen molar-refractivity contribution in [3.05, 3.63) is 35.4 Å². The summed E-state index contributed by atoms with van der Waals surface area (Å²) in [5, 5.41) is 0. The number of hydrogen-bond donors (Lipinski definition) is 2. The van der Waals surface area contributed by atoms with Gasteiger partial charge in [-0.2, -0.15) is 4.98 Å². The minimum Gasteiger partial charge on any atom is -0.491 e. The zero-order valence-electron chi connectivity index (χ0n) is 18.6. The molecule has 6 rings (SSSR count). The van der Waals surface area contributed by atoms with Gasteiger partial charge in [0.1, 0.15) is 22.6 Å². The number of primary amides is 1. The lowest BCUT2D eigenvalue weighted by Gasteiger charge is -2.13. The van der Waals surface area contributed by atoms with E-state index in [-0.39, 0.29) is 17.8 Å². The van der Waals surface area contributed by atoms with E-state index in [1.807, 2.05) is 6.07 Å². The lowest BCUT2D eigenvalue weighted by atomic mass is 9.94. The lowest BCUT2D eigenvalue weighted by molar-refractivity contribution is -0.122. The van der Waals surface area contributed by atoms with E-state index in [0.29, 0.717) is 18.9 Å². The SMILES string of the molecule is CCc1cc(-c2nc3cc(C[C@H](C(N)=O)C4CC4)cc4c3n2CCCO4)cc2nc(N)oc12. The molecule has 4 aromatic rings. The molecule has 3 heterocycles. The molecule has 1 fully saturated rings. The molecule has 2 aromatic carbocycles. The van der Waals surface area contributed by atoms with Gasteiger partial charge in [0.2, 0.25) is 5.91 Å². The monoisotopic (exact) mass is 445 g/mol. The number of anilines is 1. The molecular formula is C25H27N5O3. The van der Waals surface area contributed by atoms with Crippen molar-refractivity contribution >= 4 is 34.1 Å². The third-order valence-corrected chi connectivity index (χ3v) is 6.88. The van der Waals surface area contributed by atoms with E-state index >= 15 is 0 Å². The topological polar surface area (TPSA) is 122 Å². The standard InChI is InChI=1S/C25H27N5O3/c1-2-14-11-16(12-19-22(14)33-25(27)29-19)24-28-18-9-13(8-17(23(26)31)15-4-5-15)10-20-21(18)30(24)6-3-7-32-20/h9-12,15,17H,2-8H2,1H3,(H2,26,31)(H2,27,29)/t17-/m0/s1. The van der Waals surface area contributed by atoms with Crippen molar-refractivity contribution in [1.29, 1.82) is 0 Å². The quantitative estimate of drug-likeness (QED) is 0.465. The van der Waals surface area contributed by atoms with Crippen molar-refractivity contribution in [3.8, 4) is 17.1 Å². The van der Waals surface area contributed by atoms with Crippen LogP contribution in [0.2, 0.25) is 0 Å². The van der Waals surface area contributed by atoms with Crippen LogP contribution in [0.25, 0.3) is 33.5 Å². The maximum absolute atomic E-state index is 12.0. The van der Waals surface area contributed by atoms with Gasteiger partial charge in [-0.05, 0) is 73.4 Å². The zero-order chi connectivity index (χ0) is 22.7. The van der Waals surface area contributed by atoms with Gasteiger partial charge in [0.15, 0.2) is 5.58 Å². The summed E-state index contributed by atoms with van der Waals surface area (Å²) in [6, 6.07) is 8.41. The van der Waals surface area contributed by atoms with Crippen molar-refractivity contribution in [3.63, 3.8) is 0 Å². The summed E-state index contributed by atoms with van der Waals surface area (Å²) in [6.07, 6.45) is 4.46. The van der Waals surface area contributed by atoms with E-state index in [2.05, 4.69) is 34.7 Å². The number of benzene rings is 2. The summed E-state index contributed by atoms with van der Waals surface area (Å²) in [6.45, 7) is 3.53. The first-order chi connectivity index (χ1) is 16.0. The van der Waals surface area contributed by atoms with E-state index in [0.717, 1.165) is 82.6 Å². The van der Waals surface area contributed by atoms with Crippen molar-refractivity contribution in [1.82, 2.24) is 14.5 Å². The number of hydrogen-bond acceptors (Lipinski definition) is 6. The second-order valence-corrected chi connectivity index (χ2v) is 9.19. The van der Waals surface area contributed by atoms with Gasteiger partial charge in [-0.1, -0.05) is 6.92 Å². The lowest BCUT2D eigenvalue weighted by Crippen LogP contribution is -2.26. The highest BCUT2D eigenvalue weighted by Crippen LogP contribution is 2.40. The minimum absolute atomic E-state index is 0.130. The Hall–Kier alpha value is -3.55. The van der Waals surface area contributed by atoms with E-state index in [1.165, 1.54) is 0 Å². The van der Waals surface area contributed by atoms with Crippen LogP contribution in [0, 0.1) is 11.8 Å². The molecule has 2 aromatic heterocycles. The number of oxazole rings is 1. The van der Waals surface area contributed by atoms with Gasteiger partial charge in [0, 0.05) is 18.0 Å². The van der Waals surface area contributed by atoms with Crippen LogP contribution in [0.4, 0.5) is 6.01 Å². The van der Waals surface area contributed by atoms with Gasteiger partial charge in [-0.25, -0.2) is 4.98 Å². The Balaban J connectivity index is 1.50. The number of imidazole rings is 1. The van der Waals surface area contributed by atoms with Crippen molar-refractivity contribution in [2.45, 2.75) is 45.6 Å². The number of nitrogen functional groups attached to an aromatic ring is 1. The predicted octanol–water partition coefficient (Wildman–Crippen LogP) is 3.83. The Kier molecular flexibility index (Phi) is 4.57. The number of nitrogens with two attached hydrogens (primary N) is 2. The average molecular weight is 446 g/mol. The first-order valence-corrected chi connectivity index (χ1v) is 11.7. The Morgan fingerprint density at radius 2 is 2.06 bits per heavy atom. The highest BCUT2D eigenvalue weighted by molar-refractivity contribution is 5.90. The smallest absolute Gasteiger partial charge is 0.292 e. The summed E-state index contributed by atoms with van der Waals surface area (Å²) in [5.41, 5.74) is 17.9. The summed E-state index contributed by atoms with van der Waals surface area (Å²) in [7, 11) is 0. The number of rotatable bonds is 6. The molecule has 0 radical (unpaired) electrons. The fourth-order valence-corrected chi connectivity index (χ4v) is 5.12.